The fraction of sp³-hybridized carbons (Fsp3) is 0.417. The van der Waals surface area contributed by atoms with Crippen molar-refractivity contribution in [1.82, 2.24) is 0 Å². The van der Waals surface area contributed by atoms with Crippen LogP contribution in [0.25, 0.3) is 0 Å². The van der Waals surface area contributed by atoms with Crippen molar-refractivity contribution in [3.05, 3.63) is 27.7 Å². The molecular weight excluding hydrogens is 252 g/mol. The highest BCUT2D eigenvalue weighted by molar-refractivity contribution is 9.10. The summed E-state index contributed by atoms with van der Waals surface area (Å²) in [5.74, 6) is 0. The van der Waals surface area contributed by atoms with Gasteiger partial charge in [-0.15, -0.1) is 0 Å². The summed E-state index contributed by atoms with van der Waals surface area (Å²) in [7, 11) is 0. The zero-order valence-corrected chi connectivity index (χ0v) is 10.7. The van der Waals surface area contributed by atoms with Crippen molar-refractivity contribution in [2.24, 2.45) is 0 Å². The van der Waals surface area contributed by atoms with Gasteiger partial charge >= 0.3 is 0 Å². The lowest BCUT2D eigenvalue weighted by atomic mass is 10.1. The van der Waals surface area contributed by atoms with E-state index in [4.69, 9.17) is 5.26 Å². The van der Waals surface area contributed by atoms with Gasteiger partial charge in [-0.05, 0) is 53.4 Å². The number of nitrogens with one attached hydrogen (secondary N) is 1. The van der Waals surface area contributed by atoms with Gasteiger partial charge in [-0.1, -0.05) is 6.07 Å². The van der Waals surface area contributed by atoms with Crippen LogP contribution in [0, 0.1) is 25.2 Å². The molecule has 0 radical (unpaired) electrons. The summed E-state index contributed by atoms with van der Waals surface area (Å²) in [6, 6.07) is 6.39. The molecule has 2 nitrogen and oxygen atoms in total. The molecule has 0 amide bonds. The van der Waals surface area contributed by atoms with Gasteiger partial charge in [0, 0.05) is 17.4 Å². The Labute approximate surface area is 99.4 Å². The standard InChI is InChI=1S/C12H15BrN2/c1-9-7-10(2)12(11(13)8-9)15-6-4-3-5-14/h7-8,15H,3-4,6H2,1-2H3. The van der Waals surface area contributed by atoms with E-state index in [2.05, 4.69) is 53.3 Å². The highest BCUT2D eigenvalue weighted by Crippen LogP contribution is 2.27. The van der Waals surface area contributed by atoms with Gasteiger partial charge in [-0.25, -0.2) is 0 Å². The Morgan fingerprint density at radius 3 is 2.73 bits per heavy atom. The van der Waals surface area contributed by atoms with Crippen LogP contribution in [0.3, 0.4) is 0 Å². The van der Waals surface area contributed by atoms with Crippen LogP contribution in [-0.2, 0) is 0 Å². The quantitative estimate of drug-likeness (QED) is 0.842. The molecule has 0 aliphatic carbocycles. The Morgan fingerprint density at radius 1 is 1.40 bits per heavy atom. The van der Waals surface area contributed by atoms with Crippen molar-refractivity contribution in [3.8, 4) is 6.07 Å². The molecule has 15 heavy (non-hydrogen) atoms. The molecule has 0 saturated heterocycles. The van der Waals surface area contributed by atoms with Gasteiger partial charge in [-0.2, -0.15) is 5.26 Å². The van der Waals surface area contributed by atoms with Gasteiger partial charge in [0.25, 0.3) is 0 Å². The maximum atomic E-state index is 8.42. The summed E-state index contributed by atoms with van der Waals surface area (Å²) < 4.78 is 1.09. The lowest BCUT2D eigenvalue weighted by Crippen LogP contribution is -2.03. The third-order valence-corrected chi connectivity index (χ3v) is 2.82. The predicted octanol–water partition coefficient (Wildman–Crippen LogP) is 3.78. The second-order valence-corrected chi connectivity index (χ2v) is 4.48. The van der Waals surface area contributed by atoms with Crippen LogP contribution in [0.1, 0.15) is 24.0 Å². The number of nitrogens with zero attached hydrogens (tertiary/aromatic N) is 1. The van der Waals surface area contributed by atoms with Gasteiger partial charge in [0.15, 0.2) is 0 Å². The largest absolute Gasteiger partial charge is 0.384 e. The first-order chi connectivity index (χ1) is 7.15. The van der Waals surface area contributed by atoms with Crippen LogP contribution in [0.15, 0.2) is 16.6 Å². The summed E-state index contributed by atoms with van der Waals surface area (Å²) in [6.45, 7) is 5.01. The third kappa shape index (κ3) is 3.56. The molecule has 0 bridgehead atoms. The van der Waals surface area contributed by atoms with E-state index >= 15 is 0 Å². The number of hydrogen-bond donors (Lipinski definition) is 1. The van der Waals surface area contributed by atoms with Gasteiger partial charge < -0.3 is 5.32 Å². The van der Waals surface area contributed by atoms with Gasteiger partial charge in [0.05, 0.1) is 11.8 Å². The highest BCUT2D eigenvalue weighted by atomic mass is 79.9. The monoisotopic (exact) mass is 266 g/mol. The van der Waals surface area contributed by atoms with E-state index in [-0.39, 0.29) is 0 Å². The molecule has 0 aromatic heterocycles. The number of nitriles is 1. The zero-order chi connectivity index (χ0) is 11.3. The Bertz CT molecular complexity index is 357. The molecule has 0 aliphatic rings. The van der Waals surface area contributed by atoms with E-state index in [0.717, 1.165) is 23.1 Å². The predicted molar refractivity (Wildman–Crippen MR) is 67.0 cm³/mol. The highest BCUT2D eigenvalue weighted by Gasteiger charge is 2.03. The topological polar surface area (TPSA) is 35.8 Å². The molecule has 0 saturated carbocycles. The third-order valence-electron chi connectivity index (χ3n) is 2.20. The Balaban J connectivity index is 2.65. The zero-order valence-electron chi connectivity index (χ0n) is 9.10. The van der Waals surface area contributed by atoms with Gasteiger partial charge in [0.1, 0.15) is 0 Å². The molecule has 1 rings (SSSR count). The first-order valence-electron chi connectivity index (χ1n) is 5.02. The van der Waals surface area contributed by atoms with E-state index in [1.807, 2.05) is 0 Å². The fourth-order valence-corrected chi connectivity index (χ4v) is 2.33. The smallest absolute Gasteiger partial charge is 0.0622 e. The number of hydrogen-bond acceptors (Lipinski definition) is 2. The first-order valence-corrected chi connectivity index (χ1v) is 5.82. The minimum absolute atomic E-state index is 0.607. The molecule has 0 unspecified atom stereocenters. The maximum absolute atomic E-state index is 8.42. The van der Waals surface area contributed by atoms with Crippen LogP contribution in [0.2, 0.25) is 0 Å². The van der Waals surface area contributed by atoms with Gasteiger partial charge in [0.2, 0.25) is 0 Å². The molecule has 1 N–H and O–H groups in total. The van der Waals surface area contributed by atoms with E-state index in [9.17, 15) is 0 Å². The van der Waals surface area contributed by atoms with Crippen molar-refractivity contribution < 1.29 is 0 Å². The molecule has 3 heteroatoms. The summed E-state index contributed by atoms with van der Waals surface area (Å²) >= 11 is 3.54. The molecule has 0 atom stereocenters. The molecule has 1 aromatic carbocycles. The van der Waals surface area contributed by atoms with Crippen molar-refractivity contribution >= 4 is 21.6 Å². The molecular formula is C12H15BrN2. The van der Waals surface area contributed by atoms with Crippen molar-refractivity contribution in [3.63, 3.8) is 0 Å². The van der Waals surface area contributed by atoms with Crippen molar-refractivity contribution in [2.45, 2.75) is 26.7 Å². The van der Waals surface area contributed by atoms with Crippen molar-refractivity contribution in [2.75, 3.05) is 11.9 Å². The van der Waals surface area contributed by atoms with E-state index in [1.165, 1.54) is 11.1 Å². The number of unbranched alkanes of at least 4 members (excludes halogenated alkanes) is 1. The number of rotatable bonds is 4. The molecule has 0 aliphatic heterocycles. The number of halogens is 1. The first kappa shape index (κ1) is 12.1. The van der Waals surface area contributed by atoms with Crippen LogP contribution < -0.4 is 5.32 Å². The Kier molecular flexibility index (Phi) is 4.64. The molecule has 80 valence electrons. The Morgan fingerprint density at radius 2 is 2.13 bits per heavy atom. The number of aryl methyl sites for hydroxylation is 2. The van der Waals surface area contributed by atoms with Crippen LogP contribution >= 0.6 is 15.9 Å². The Hall–Kier alpha value is -1.01. The second-order valence-electron chi connectivity index (χ2n) is 3.63. The minimum atomic E-state index is 0.607. The van der Waals surface area contributed by atoms with Crippen LogP contribution in [0.4, 0.5) is 5.69 Å². The summed E-state index contributed by atoms with van der Waals surface area (Å²) in [6.07, 6.45) is 1.49. The summed E-state index contributed by atoms with van der Waals surface area (Å²) in [5.41, 5.74) is 3.62. The fourth-order valence-electron chi connectivity index (χ4n) is 1.52. The molecule has 1 aromatic rings. The van der Waals surface area contributed by atoms with E-state index < -0.39 is 0 Å². The molecule has 0 heterocycles. The van der Waals surface area contributed by atoms with E-state index in [0.29, 0.717) is 6.42 Å². The van der Waals surface area contributed by atoms with Gasteiger partial charge in [-0.3, -0.25) is 0 Å². The van der Waals surface area contributed by atoms with E-state index in [1.54, 1.807) is 0 Å². The lowest BCUT2D eigenvalue weighted by Gasteiger charge is -2.12. The number of anilines is 1. The summed E-state index contributed by atoms with van der Waals surface area (Å²) in [5, 5.41) is 11.8. The normalized spacial score (nSPS) is 9.73. The molecule has 0 spiro atoms. The average Bonchev–Trinajstić information content (AvgIpc) is 2.15. The minimum Gasteiger partial charge on any atom is -0.384 e. The van der Waals surface area contributed by atoms with Crippen LogP contribution in [-0.4, -0.2) is 6.54 Å². The van der Waals surface area contributed by atoms with Crippen LogP contribution in [0.5, 0.6) is 0 Å². The second kappa shape index (κ2) is 5.77. The van der Waals surface area contributed by atoms with Crippen molar-refractivity contribution in [1.29, 1.82) is 5.26 Å². The average molecular weight is 267 g/mol. The SMILES string of the molecule is Cc1cc(C)c(NCCCC#N)c(Br)c1. The lowest BCUT2D eigenvalue weighted by molar-refractivity contribution is 0.895. The summed E-state index contributed by atoms with van der Waals surface area (Å²) in [4.78, 5) is 0. The number of benzene rings is 1. The molecule has 0 fully saturated rings. The maximum Gasteiger partial charge on any atom is 0.0622 e.